The molecule has 5 heteroatoms. The van der Waals surface area contributed by atoms with Crippen molar-refractivity contribution in [1.29, 1.82) is 0 Å². The Labute approximate surface area is 130 Å². The minimum atomic E-state index is -0.239. The SMILES string of the molecule is CCOC(=O)CCCNC(=O)/C=C/c1ccc(C)c(Cl)c1. The molecule has 0 aromatic heterocycles. The van der Waals surface area contributed by atoms with Crippen LogP contribution in [-0.2, 0) is 14.3 Å². The predicted octanol–water partition coefficient (Wildman–Crippen LogP) is 3.12. The van der Waals surface area contributed by atoms with Crippen molar-refractivity contribution < 1.29 is 14.3 Å². The van der Waals surface area contributed by atoms with Crippen molar-refractivity contribution in [1.82, 2.24) is 5.32 Å². The summed E-state index contributed by atoms with van der Waals surface area (Å²) in [6.07, 6.45) is 4.03. The molecule has 0 atom stereocenters. The summed E-state index contributed by atoms with van der Waals surface area (Å²) < 4.78 is 4.80. The molecule has 114 valence electrons. The zero-order valence-electron chi connectivity index (χ0n) is 12.3. The third-order valence-electron chi connectivity index (χ3n) is 2.79. The highest BCUT2D eigenvalue weighted by Gasteiger charge is 2.02. The number of rotatable bonds is 7. The van der Waals surface area contributed by atoms with Crippen molar-refractivity contribution in [2.24, 2.45) is 0 Å². The minimum Gasteiger partial charge on any atom is -0.466 e. The molecule has 0 aliphatic heterocycles. The topological polar surface area (TPSA) is 55.4 Å². The molecule has 0 saturated heterocycles. The van der Waals surface area contributed by atoms with Gasteiger partial charge in [-0.25, -0.2) is 0 Å². The molecule has 0 heterocycles. The first-order valence-electron chi connectivity index (χ1n) is 6.90. The summed E-state index contributed by atoms with van der Waals surface area (Å²) in [5, 5.41) is 3.38. The Bertz CT molecular complexity index is 526. The minimum absolute atomic E-state index is 0.199. The number of benzene rings is 1. The number of amides is 1. The zero-order valence-corrected chi connectivity index (χ0v) is 13.1. The lowest BCUT2D eigenvalue weighted by Gasteiger charge is -2.03. The van der Waals surface area contributed by atoms with Crippen molar-refractivity contribution in [3.63, 3.8) is 0 Å². The average Bonchev–Trinajstić information content (AvgIpc) is 2.45. The van der Waals surface area contributed by atoms with Gasteiger partial charge in [0, 0.05) is 24.1 Å². The summed E-state index contributed by atoms with van der Waals surface area (Å²) in [6, 6.07) is 5.60. The van der Waals surface area contributed by atoms with Crippen molar-refractivity contribution in [2.75, 3.05) is 13.2 Å². The Morgan fingerprint density at radius 2 is 2.14 bits per heavy atom. The summed E-state index contributed by atoms with van der Waals surface area (Å²) in [5.41, 5.74) is 1.87. The Hall–Kier alpha value is -1.81. The van der Waals surface area contributed by atoms with Crippen LogP contribution < -0.4 is 5.32 Å². The molecule has 0 radical (unpaired) electrons. The molecule has 0 fully saturated rings. The van der Waals surface area contributed by atoms with Gasteiger partial charge < -0.3 is 10.1 Å². The van der Waals surface area contributed by atoms with Crippen LogP contribution in [0.2, 0.25) is 5.02 Å². The monoisotopic (exact) mass is 309 g/mol. The Kier molecular flexibility index (Phi) is 7.54. The van der Waals surface area contributed by atoms with Crippen LogP contribution in [0.15, 0.2) is 24.3 Å². The molecule has 1 aromatic carbocycles. The maximum Gasteiger partial charge on any atom is 0.305 e. The number of hydrogen-bond donors (Lipinski definition) is 1. The molecule has 0 spiro atoms. The third kappa shape index (κ3) is 6.95. The lowest BCUT2D eigenvalue weighted by Crippen LogP contribution is -2.22. The van der Waals surface area contributed by atoms with E-state index in [0.717, 1.165) is 11.1 Å². The van der Waals surface area contributed by atoms with E-state index in [1.807, 2.05) is 19.1 Å². The van der Waals surface area contributed by atoms with Crippen LogP contribution in [0.3, 0.4) is 0 Å². The lowest BCUT2D eigenvalue weighted by molar-refractivity contribution is -0.143. The predicted molar refractivity (Wildman–Crippen MR) is 84.1 cm³/mol. The van der Waals surface area contributed by atoms with E-state index in [2.05, 4.69) is 5.32 Å². The van der Waals surface area contributed by atoms with Gasteiger partial charge >= 0.3 is 5.97 Å². The zero-order chi connectivity index (χ0) is 15.7. The Balaban J connectivity index is 2.31. The van der Waals surface area contributed by atoms with E-state index in [0.29, 0.717) is 31.0 Å². The van der Waals surface area contributed by atoms with E-state index in [1.54, 1.807) is 19.1 Å². The van der Waals surface area contributed by atoms with Crippen LogP contribution in [-0.4, -0.2) is 25.0 Å². The first-order chi connectivity index (χ1) is 10.0. The van der Waals surface area contributed by atoms with Crippen LogP contribution >= 0.6 is 11.6 Å². The van der Waals surface area contributed by atoms with Crippen LogP contribution in [0.25, 0.3) is 6.08 Å². The standard InChI is InChI=1S/C16H20ClNO3/c1-3-21-16(20)5-4-10-18-15(19)9-8-13-7-6-12(2)14(17)11-13/h6-9,11H,3-5,10H2,1-2H3,(H,18,19)/b9-8+. The third-order valence-corrected chi connectivity index (χ3v) is 3.19. The normalized spacial score (nSPS) is 10.6. The molecule has 0 unspecified atom stereocenters. The summed E-state index contributed by atoms with van der Waals surface area (Å²) in [6.45, 7) is 4.51. The van der Waals surface area contributed by atoms with Crippen LogP contribution in [0, 0.1) is 6.92 Å². The van der Waals surface area contributed by atoms with Gasteiger partial charge in [0.05, 0.1) is 6.61 Å². The molecule has 21 heavy (non-hydrogen) atoms. The maximum atomic E-state index is 11.6. The number of carbonyl (C=O) groups excluding carboxylic acids is 2. The fourth-order valence-corrected chi connectivity index (χ4v) is 1.81. The largest absolute Gasteiger partial charge is 0.466 e. The molecule has 1 amide bonds. The van der Waals surface area contributed by atoms with Crippen molar-refractivity contribution >= 4 is 29.6 Å². The average molecular weight is 310 g/mol. The van der Waals surface area contributed by atoms with Gasteiger partial charge in [0.1, 0.15) is 0 Å². The molecule has 0 aliphatic carbocycles. The molecular formula is C16H20ClNO3. The fourth-order valence-electron chi connectivity index (χ4n) is 1.62. The van der Waals surface area contributed by atoms with E-state index < -0.39 is 0 Å². The fraction of sp³-hybridized carbons (Fsp3) is 0.375. The van der Waals surface area contributed by atoms with Gasteiger partial charge in [-0.1, -0.05) is 23.7 Å². The molecule has 0 bridgehead atoms. The molecule has 0 saturated carbocycles. The molecular weight excluding hydrogens is 290 g/mol. The first-order valence-corrected chi connectivity index (χ1v) is 7.28. The second-order valence-corrected chi connectivity index (χ2v) is 4.95. The number of nitrogens with one attached hydrogen (secondary N) is 1. The highest BCUT2D eigenvalue weighted by atomic mass is 35.5. The number of aryl methyl sites for hydroxylation is 1. The highest BCUT2D eigenvalue weighted by Crippen LogP contribution is 2.17. The Morgan fingerprint density at radius 3 is 2.81 bits per heavy atom. The van der Waals surface area contributed by atoms with Gasteiger partial charge in [-0.3, -0.25) is 9.59 Å². The van der Waals surface area contributed by atoms with E-state index >= 15 is 0 Å². The Morgan fingerprint density at radius 1 is 1.38 bits per heavy atom. The molecule has 1 rings (SSSR count). The van der Waals surface area contributed by atoms with Gasteiger partial charge in [-0.15, -0.1) is 0 Å². The summed E-state index contributed by atoms with van der Waals surface area (Å²) in [5.74, 6) is -0.438. The quantitative estimate of drug-likeness (QED) is 0.478. The number of carbonyl (C=O) groups is 2. The lowest BCUT2D eigenvalue weighted by atomic mass is 10.1. The second kappa shape index (κ2) is 9.19. The van der Waals surface area contributed by atoms with Gasteiger partial charge in [-0.05, 0) is 43.5 Å². The highest BCUT2D eigenvalue weighted by molar-refractivity contribution is 6.31. The molecule has 4 nitrogen and oxygen atoms in total. The van der Waals surface area contributed by atoms with Gasteiger partial charge in [0.25, 0.3) is 0 Å². The summed E-state index contributed by atoms with van der Waals surface area (Å²) in [7, 11) is 0. The maximum absolute atomic E-state index is 11.6. The summed E-state index contributed by atoms with van der Waals surface area (Å²) >= 11 is 6.01. The van der Waals surface area contributed by atoms with E-state index in [-0.39, 0.29) is 11.9 Å². The molecule has 1 aromatic rings. The first kappa shape index (κ1) is 17.2. The van der Waals surface area contributed by atoms with Gasteiger partial charge in [0.15, 0.2) is 0 Å². The van der Waals surface area contributed by atoms with E-state index in [9.17, 15) is 9.59 Å². The van der Waals surface area contributed by atoms with Crippen molar-refractivity contribution in [2.45, 2.75) is 26.7 Å². The molecule has 0 aliphatic rings. The molecule has 1 N–H and O–H groups in total. The van der Waals surface area contributed by atoms with E-state index in [1.165, 1.54) is 6.08 Å². The van der Waals surface area contributed by atoms with E-state index in [4.69, 9.17) is 16.3 Å². The number of halogens is 1. The number of esters is 1. The van der Waals surface area contributed by atoms with Gasteiger partial charge in [0.2, 0.25) is 5.91 Å². The smallest absolute Gasteiger partial charge is 0.305 e. The van der Waals surface area contributed by atoms with Crippen LogP contribution in [0.1, 0.15) is 30.9 Å². The second-order valence-electron chi connectivity index (χ2n) is 4.54. The van der Waals surface area contributed by atoms with Crippen LogP contribution in [0.4, 0.5) is 0 Å². The van der Waals surface area contributed by atoms with Gasteiger partial charge in [-0.2, -0.15) is 0 Å². The number of hydrogen-bond acceptors (Lipinski definition) is 3. The number of ether oxygens (including phenoxy) is 1. The summed E-state index contributed by atoms with van der Waals surface area (Å²) in [4.78, 5) is 22.7. The van der Waals surface area contributed by atoms with Crippen molar-refractivity contribution in [3.05, 3.63) is 40.4 Å². The van der Waals surface area contributed by atoms with Crippen LogP contribution in [0.5, 0.6) is 0 Å². The van der Waals surface area contributed by atoms with Crippen molar-refractivity contribution in [3.8, 4) is 0 Å².